The van der Waals surface area contributed by atoms with Crippen molar-refractivity contribution >= 4 is 22.5 Å². The number of fused-ring (bicyclic) bond motifs is 3. The maximum absolute atomic E-state index is 12.5. The Labute approximate surface area is 185 Å². The first kappa shape index (κ1) is 22.4. The van der Waals surface area contributed by atoms with Crippen LogP contribution in [0.3, 0.4) is 0 Å². The Morgan fingerprint density at radius 1 is 1.22 bits per heavy atom. The molecule has 9 heteroatoms. The van der Waals surface area contributed by atoms with Gasteiger partial charge in [0.25, 0.3) is 5.56 Å². The predicted octanol–water partition coefficient (Wildman–Crippen LogP) is 3.19. The average Bonchev–Trinajstić information content (AvgIpc) is 3.10. The second-order valence-corrected chi connectivity index (χ2v) is 9.40. The number of benzene rings is 1. The van der Waals surface area contributed by atoms with Crippen molar-refractivity contribution in [2.45, 2.75) is 58.0 Å². The standard InChI is InChI=1S/C23H30N4O5/c1-22(2,3)32-23(4,31-5)26-11-9-14(10-12-26)17-13-18(28)24-20-19-15(21(29)30)7-6-8-16(19)25-27(17)20/h6-8,13-14H,9-12H2,1-5H3,(H,24,28)(H,29,30). The van der Waals surface area contributed by atoms with E-state index in [-0.39, 0.29) is 22.6 Å². The summed E-state index contributed by atoms with van der Waals surface area (Å²) >= 11 is 0. The molecule has 2 aromatic heterocycles. The molecule has 0 saturated carbocycles. The topological polar surface area (TPSA) is 109 Å². The lowest BCUT2D eigenvalue weighted by atomic mass is 9.92. The molecule has 0 spiro atoms. The summed E-state index contributed by atoms with van der Waals surface area (Å²) in [6.45, 7) is 9.37. The van der Waals surface area contributed by atoms with Crippen molar-refractivity contribution in [3.05, 3.63) is 45.9 Å². The zero-order valence-electron chi connectivity index (χ0n) is 19.1. The van der Waals surface area contributed by atoms with Crippen molar-refractivity contribution in [1.82, 2.24) is 19.5 Å². The molecular weight excluding hydrogens is 412 g/mol. The number of methoxy groups -OCH3 is 1. The van der Waals surface area contributed by atoms with E-state index in [4.69, 9.17) is 9.47 Å². The van der Waals surface area contributed by atoms with Crippen LogP contribution in [0.25, 0.3) is 16.6 Å². The first-order valence-corrected chi connectivity index (χ1v) is 10.8. The van der Waals surface area contributed by atoms with Crippen molar-refractivity contribution in [2.75, 3.05) is 20.2 Å². The quantitative estimate of drug-likeness (QED) is 0.584. The third-order valence-corrected chi connectivity index (χ3v) is 6.06. The van der Waals surface area contributed by atoms with Gasteiger partial charge < -0.3 is 19.6 Å². The Morgan fingerprint density at radius 3 is 2.50 bits per heavy atom. The maximum atomic E-state index is 12.5. The second-order valence-electron chi connectivity index (χ2n) is 9.40. The summed E-state index contributed by atoms with van der Waals surface area (Å²) in [5.74, 6) is -1.80. The van der Waals surface area contributed by atoms with Crippen LogP contribution in [0.15, 0.2) is 29.1 Å². The number of aromatic nitrogens is 3. The Morgan fingerprint density at radius 2 is 1.91 bits per heavy atom. The van der Waals surface area contributed by atoms with Gasteiger partial charge in [-0.15, -0.1) is 0 Å². The van der Waals surface area contributed by atoms with Crippen LogP contribution in [0.5, 0.6) is 0 Å². The smallest absolute Gasteiger partial charge is 0.336 e. The number of aromatic amines is 1. The first-order valence-electron chi connectivity index (χ1n) is 10.8. The van der Waals surface area contributed by atoms with Crippen LogP contribution in [0, 0.1) is 0 Å². The molecule has 172 valence electrons. The number of piperidine rings is 1. The Balaban J connectivity index is 1.69. The minimum Gasteiger partial charge on any atom is -0.478 e. The summed E-state index contributed by atoms with van der Waals surface area (Å²) in [6, 6.07) is 6.51. The van der Waals surface area contributed by atoms with E-state index in [1.807, 2.05) is 27.7 Å². The lowest BCUT2D eigenvalue weighted by Crippen LogP contribution is -2.55. The molecule has 9 nitrogen and oxygen atoms in total. The molecule has 3 heterocycles. The monoisotopic (exact) mass is 442 g/mol. The van der Waals surface area contributed by atoms with Gasteiger partial charge in [0.1, 0.15) is 5.65 Å². The number of hydrogen-bond donors (Lipinski definition) is 2. The van der Waals surface area contributed by atoms with Crippen LogP contribution in [0.4, 0.5) is 0 Å². The number of nitrogens with zero attached hydrogens (tertiary/aromatic N) is 3. The van der Waals surface area contributed by atoms with Crippen molar-refractivity contribution in [1.29, 1.82) is 0 Å². The number of likely N-dealkylation sites (tertiary alicyclic amines) is 1. The third kappa shape index (κ3) is 4.03. The molecule has 1 aliphatic heterocycles. The molecule has 0 bridgehead atoms. The third-order valence-electron chi connectivity index (χ3n) is 6.06. The summed E-state index contributed by atoms with van der Waals surface area (Å²) in [7, 11) is 1.65. The van der Waals surface area contributed by atoms with Crippen LogP contribution in [0.2, 0.25) is 0 Å². The van der Waals surface area contributed by atoms with E-state index in [0.717, 1.165) is 31.6 Å². The molecule has 0 aliphatic carbocycles. The molecule has 3 aromatic rings. The molecule has 4 rings (SSSR count). The van der Waals surface area contributed by atoms with Crippen molar-refractivity contribution in [2.24, 2.45) is 0 Å². The molecule has 1 fully saturated rings. The minimum absolute atomic E-state index is 0.0920. The highest BCUT2D eigenvalue weighted by atomic mass is 16.7. The number of carbonyl (C=O) groups is 1. The lowest BCUT2D eigenvalue weighted by Gasteiger charge is -2.46. The van der Waals surface area contributed by atoms with Gasteiger partial charge >= 0.3 is 5.97 Å². The van der Waals surface area contributed by atoms with Crippen LogP contribution in [-0.4, -0.2) is 62.3 Å². The number of hydrogen-bond acceptors (Lipinski definition) is 6. The van der Waals surface area contributed by atoms with Crippen LogP contribution in [-0.2, 0) is 9.47 Å². The van der Waals surface area contributed by atoms with Gasteiger partial charge in [-0.1, -0.05) is 6.07 Å². The zero-order valence-corrected chi connectivity index (χ0v) is 19.1. The number of carboxylic acid groups (broad SMARTS) is 1. The molecular formula is C23H30N4O5. The Bertz CT molecular complexity index is 1220. The highest BCUT2D eigenvalue weighted by Gasteiger charge is 2.39. The normalized spacial score (nSPS) is 18.3. The van der Waals surface area contributed by atoms with Crippen molar-refractivity contribution in [3.8, 4) is 0 Å². The summed E-state index contributed by atoms with van der Waals surface area (Å²) in [5.41, 5.74) is 1.23. The Hall–Kier alpha value is -2.75. The number of carboxylic acids is 1. The van der Waals surface area contributed by atoms with Crippen molar-refractivity contribution in [3.63, 3.8) is 0 Å². The summed E-state index contributed by atoms with van der Waals surface area (Å²) in [5, 5.41) is 14.7. The van der Waals surface area contributed by atoms with E-state index < -0.39 is 11.9 Å². The van der Waals surface area contributed by atoms with Gasteiger partial charge in [-0.05, 0) is 45.7 Å². The van der Waals surface area contributed by atoms with Gasteiger partial charge in [0.15, 0.2) is 0 Å². The molecule has 2 N–H and O–H groups in total. The predicted molar refractivity (Wildman–Crippen MR) is 120 cm³/mol. The highest BCUT2D eigenvalue weighted by molar-refractivity contribution is 6.08. The fourth-order valence-corrected chi connectivity index (χ4v) is 4.64. The molecule has 1 aromatic carbocycles. The number of nitrogens with one attached hydrogen (secondary N) is 1. The number of aromatic carboxylic acids is 1. The molecule has 1 unspecified atom stereocenters. The number of rotatable bonds is 5. The van der Waals surface area contributed by atoms with Crippen LogP contribution in [0.1, 0.15) is 62.5 Å². The minimum atomic E-state index is -1.05. The molecule has 0 amide bonds. The van der Waals surface area contributed by atoms with Gasteiger partial charge in [0, 0.05) is 39.1 Å². The average molecular weight is 443 g/mol. The van der Waals surface area contributed by atoms with Gasteiger partial charge in [-0.25, -0.2) is 9.31 Å². The van der Waals surface area contributed by atoms with E-state index in [1.165, 1.54) is 6.07 Å². The van der Waals surface area contributed by atoms with Crippen LogP contribution < -0.4 is 5.56 Å². The summed E-state index contributed by atoms with van der Waals surface area (Å²) < 4.78 is 13.6. The SMILES string of the molecule is COC(C)(OC(C)(C)C)N1CCC(c2cc(=O)[nH]c3c4c(C(=O)O)cccc4nn23)CC1. The van der Waals surface area contributed by atoms with E-state index in [2.05, 4.69) is 15.0 Å². The highest BCUT2D eigenvalue weighted by Crippen LogP contribution is 2.34. The largest absolute Gasteiger partial charge is 0.478 e. The molecule has 1 atom stereocenters. The Kier molecular flexibility index (Phi) is 5.60. The van der Waals surface area contributed by atoms with Gasteiger partial charge in [-0.2, -0.15) is 5.10 Å². The maximum Gasteiger partial charge on any atom is 0.336 e. The fourth-order valence-electron chi connectivity index (χ4n) is 4.64. The van der Waals surface area contributed by atoms with E-state index >= 15 is 0 Å². The first-order chi connectivity index (χ1) is 15.0. The van der Waals surface area contributed by atoms with E-state index in [1.54, 1.807) is 29.8 Å². The molecule has 1 saturated heterocycles. The zero-order chi connectivity index (χ0) is 23.3. The number of ether oxygens (including phenoxy) is 2. The summed E-state index contributed by atoms with van der Waals surface area (Å²) in [4.78, 5) is 29.2. The molecule has 32 heavy (non-hydrogen) atoms. The van der Waals surface area contributed by atoms with Crippen LogP contribution >= 0.6 is 0 Å². The second kappa shape index (κ2) is 7.99. The van der Waals surface area contributed by atoms with E-state index in [9.17, 15) is 14.7 Å². The molecule has 1 aliphatic rings. The van der Waals surface area contributed by atoms with Crippen molar-refractivity contribution < 1.29 is 19.4 Å². The van der Waals surface area contributed by atoms with Gasteiger partial charge in [-0.3, -0.25) is 9.69 Å². The molecule has 0 radical (unpaired) electrons. The van der Waals surface area contributed by atoms with Gasteiger partial charge in [0.05, 0.1) is 27.8 Å². The van der Waals surface area contributed by atoms with E-state index in [0.29, 0.717) is 16.6 Å². The van der Waals surface area contributed by atoms with Gasteiger partial charge in [0.2, 0.25) is 5.91 Å². The fraction of sp³-hybridized carbons (Fsp3) is 0.522. The summed E-state index contributed by atoms with van der Waals surface area (Å²) in [6.07, 6.45) is 1.57. The number of H-pyrrole nitrogens is 1. The lowest BCUT2D eigenvalue weighted by molar-refractivity contribution is -0.332.